The largest absolute Gasteiger partial charge is 1.00 e. The van der Waals surface area contributed by atoms with E-state index in [-0.39, 0.29) is 24.8 Å². The first-order valence-electron chi connectivity index (χ1n) is 8.33. The second-order valence-electron chi connectivity index (χ2n) is 5.59. The predicted octanol–water partition coefficient (Wildman–Crippen LogP) is -3.84. The smallest absolute Gasteiger partial charge is 0.345 e. The Hall–Kier alpha value is -2.19. The average Bonchev–Trinajstić information content (AvgIpc) is 3.11. The van der Waals surface area contributed by atoms with Crippen molar-refractivity contribution >= 4 is 0 Å². The number of para-hydroxylation sites is 1. The molecule has 0 radical (unpaired) electrons. The van der Waals surface area contributed by atoms with Crippen LogP contribution in [0.15, 0.2) is 54.6 Å². The molecule has 0 fully saturated rings. The fourth-order valence-electron chi connectivity index (χ4n) is 2.42. The maximum absolute atomic E-state index is 5.88. The molecule has 0 unspecified atom stereocenters. The number of halogens is 2. The Bertz CT molecular complexity index is 784. The van der Waals surface area contributed by atoms with E-state index < -0.39 is 0 Å². The normalized spacial score (nSPS) is 9.96. The molecule has 2 N–H and O–H groups in total. The number of ether oxygens (including phenoxy) is 1. The van der Waals surface area contributed by atoms with Gasteiger partial charge < -0.3 is 40.2 Å². The fourth-order valence-corrected chi connectivity index (χ4v) is 2.42. The minimum atomic E-state index is 0. The maximum Gasteiger partial charge on any atom is 0.345 e. The van der Waals surface area contributed by atoms with Gasteiger partial charge in [-0.25, -0.2) is 0 Å². The monoisotopic (exact) mass is 408 g/mol. The summed E-state index contributed by atoms with van der Waals surface area (Å²) in [5.41, 5.74) is 2.01. The minimum Gasteiger partial charge on any atom is -1.00 e. The molecule has 0 aliphatic heterocycles. The molecule has 0 spiro atoms. The molecule has 3 rings (SSSR count). The molecule has 0 saturated carbocycles. The summed E-state index contributed by atoms with van der Waals surface area (Å²) in [6.45, 7) is 2.78. The van der Waals surface area contributed by atoms with E-state index in [4.69, 9.17) is 4.74 Å². The molecule has 1 aromatic heterocycles. The van der Waals surface area contributed by atoms with Crippen LogP contribution in [0.25, 0.3) is 5.69 Å². The van der Waals surface area contributed by atoms with Crippen molar-refractivity contribution in [2.24, 2.45) is 0 Å². The molecule has 0 saturated heterocycles. The molecule has 0 amide bonds. The van der Waals surface area contributed by atoms with Crippen molar-refractivity contribution in [1.29, 1.82) is 0 Å². The summed E-state index contributed by atoms with van der Waals surface area (Å²) < 4.78 is 7.45. The second kappa shape index (κ2) is 12.2. The SMILES string of the molecule is CNCCCNCc1cccc(Oc2nnnn2-c2ccccc2)c1.[Cl-].[Cl-]. The number of nitrogens with zero attached hydrogens (tertiary/aromatic N) is 4. The number of tetrazole rings is 1. The van der Waals surface area contributed by atoms with Crippen molar-refractivity contribution in [3.63, 3.8) is 0 Å². The Morgan fingerprint density at radius 3 is 2.59 bits per heavy atom. The van der Waals surface area contributed by atoms with E-state index >= 15 is 0 Å². The van der Waals surface area contributed by atoms with Gasteiger partial charge in [0.25, 0.3) is 0 Å². The zero-order valence-electron chi connectivity index (χ0n) is 15.0. The molecular formula is C18H22Cl2N6O-2. The van der Waals surface area contributed by atoms with Crippen LogP contribution >= 0.6 is 0 Å². The minimum absolute atomic E-state index is 0. The number of hydrogen-bond acceptors (Lipinski definition) is 6. The lowest BCUT2D eigenvalue weighted by molar-refractivity contribution is -0.001000. The summed E-state index contributed by atoms with van der Waals surface area (Å²) in [7, 11) is 1.96. The lowest BCUT2D eigenvalue weighted by atomic mass is 10.2. The Kier molecular flexibility index (Phi) is 10.4. The van der Waals surface area contributed by atoms with E-state index in [0.29, 0.717) is 11.8 Å². The van der Waals surface area contributed by atoms with E-state index in [1.165, 1.54) is 0 Å². The Morgan fingerprint density at radius 2 is 1.81 bits per heavy atom. The first-order valence-corrected chi connectivity index (χ1v) is 8.33. The van der Waals surface area contributed by atoms with Crippen LogP contribution in [0, 0.1) is 0 Å². The summed E-state index contributed by atoms with van der Waals surface area (Å²) in [6.07, 6.45) is 1.10. The van der Waals surface area contributed by atoms with E-state index in [2.05, 4.69) is 32.2 Å². The molecule has 0 aliphatic rings. The third kappa shape index (κ3) is 6.80. The number of nitrogens with one attached hydrogen (secondary N) is 2. The summed E-state index contributed by atoms with van der Waals surface area (Å²) in [4.78, 5) is 0. The van der Waals surface area contributed by atoms with Gasteiger partial charge in [-0.05, 0) is 66.8 Å². The average molecular weight is 409 g/mol. The van der Waals surface area contributed by atoms with Crippen LogP contribution in [0.1, 0.15) is 12.0 Å². The highest BCUT2D eigenvalue weighted by Gasteiger charge is 2.10. The summed E-state index contributed by atoms with van der Waals surface area (Å²) >= 11 is 0. The second-order valence-corrected chi connectivity index (χ2v) is 5.59. The van der Waals surface area contributed by atoms with Gasteiger partial charge in [0.05, 0.1) is 5.69 Å². The molecule has 1 heterocycles. The molecule has 146 valence electrons. The molecule has 0 bridgehead atoms. The zero-order chi connectivity index (χ0) is 17.3. The van der Waals surface area contributed by atoms with Gasteiger partial charge in [-0.3, -0.25) is 0 Å². The molecule has 2 aromatic carbocycles. The van der Waals surface area contributed by atoms with E-state index in [0.717, 1.165) is 37.3 Å². The van der Waals surface area contributed by atoms with Gasteiger partial charge in [-0.2, -0.15) is 4.68 Å². The molecule has 9 heteroatoms. The van der Waals surface area contributed by atoms with Crippen molar-refractivity contribution in [2.45, 2.75) is 13.0 Å². The lowest BCUT2D eigenvalue weighted by Gasteiger charge is -2.08. The van der Waals surface area contributed by atoms with Gasteiger partial charge in [0.2, 0.25) is 0 Å². The third-order valence-corrected chi connectivity index (χ3v) is 3.66. The van der Waals surface area contributed by atoms with Crippen LogP contribution in [-0.2, 0) is 6.54 Å². The molecule has 7 nitrogen and oxygen atoms in total. The van der Waals surface area contributed by atoms with Crippen LogP contribution in [0.3, 0.4) is 0 Å². The van der Waals surface area contributed by atoms with Crippen molar-refractivity contribution in [3.8, 4) is 17.4 Å². The lowest BCUT2D eigenvalue weighted by Crippen LogP contribution is -3.00. The van der Waals surface area contributed by atoms with Gasteiger partial charge in [-0.15, -0.1) is 0 Å². The Morgan fingerprint density at radius 1 is 1.00 bits per heavy atom. The third-order valence-electron chi connectivity index (χ3n) is 3.66. The van der Waals surface area contributed by atoms with Crippen LogP contribution < -0.4 is 40.2 Å². The van der Waals surface area contributed by atoms with Gasteiger partial charge in [-0.1, -0.05) is 35.4 Å². The first-order chi connectivity index (χ1) is 12.4. The van der Waals surface area contributed by atoms with Crippen molar-refractivity contribution in [1.82, 2.24) is 30.8 Å². The molecule has 0 aliphatic carbocycles. The van der Waals surface area contributed by atoms with Gasteiger partial charge >= 0.3 is 6.01 Å². The maximum atomic E-state index is 5.88. The number of benzene rings is 2. The summed E-state index contributed by atoms with van der Waals surface area (Å²) in [6, 6.07) is 17.9. The van der Waals surface area contributed by atoms with Crippen molar-refractivity contribution in [2.75, 3.05) is 20.1 Å². The summed E-state index contributed by atoms with van der Waals surface area (Å²) in [5, 5.41) is 18.2. The molecule has 3 aromatic rings. The standard InChI is InChI=1S/C18H22N6O.2ClH/c1-19-11-6-12-20-14-15-7-5-10-17(13-15)25-18-21-22-23-24(18)16-8-3-2-4-9-16;;/h2-5,7-10,13,19-20H,6,11-12,14H2,1H3;2*1H/p-2. The predicted molar refractivity (Wildman–Crippen MR) is 95.9 cm³/mol. The molecule has 0 atom stereocenters. The van der Waals surface area contributed by atoms with Crippen molar-refractivity contribution < 1.29 is 29.6 Å². The highest BCUT2D eigenvalue weighted by atomic mass is 35.5. The Labute approximate surface area is 171 Å². The highest BCUT2D eigenvalue weighted by molar-refractivity contribution is 5.34. The van der Waals surface area contributed by atoms with Gasteiger partial charge in [0.1, 0.15) is 5.75 Å². The highest BCUT2D eigenvalue weighted by Crippen LogP contribution is 2.21. The zero-order valence-corrected chi connectivity index (χ0v) is 16.5. The van der Waals surface area contributed by atoms with Crippen LogP contribution in [0.2, 0.25) is 0 Å². The van der Waals surface area contributed by atoms with Crippen LogP contribution in [-0.4, -0.2) is 40.3 Å². The quantitative estimate of drug-likeness (QED) is 0.353. The topological polar surface area (TPSA) is 76.9 Å². The molecule has 27 heavy (non-hydrogen) atoms. The molecular weight excluding hydrogens is 387 g/mol. The van der Waals surface area contributed by atoms with E-state index in [1.807, 2.05) is 55.6 Å². The number of rotatable bonds is 9. The Balaban J connectivity index is 0.00000182. The van der Waals surface area contributed by atoms with E-state index in [9.17, 15) is 0 Å². The van der Waals surface area contributed by atoms with Gasteiger partial charge in [0, 0.05) is 6.54 Å². The number of hydrogen-bond donors (Lipinski definition) is 2. The van der Waals surface area contributed by atoms with Crippen LogP contribution in [0.4, 0.5) is 0 Å². The van der Waals surface area contributed by atoms with Gasteiger partial charge in [0.15, 0.2) is 0 Å². The summed E-state index contributed by atoms with van der Waals surface area (Å²) in [5.74, 6) is 0.710. The van der Waals surface area contributed by atoms with E-state index in [1.54, 1.807) is 4.68 Å². The number of aromatic nitrogens is 4. The van der Waals surface area contributed by atoms with Crippen molar-refractivity contribution in [3.05, 3.63) is 60.2 Å². The first kappa shape index (κ1) is 22.9. The van der Waals surface area contributed by atoms with Crippen LogP contribution in [0.5, 0.6) is 11.8 Å². The fraction of sp³-hybridized carbons (Fsp3) is 0.278.